The number of nitrogens with two attached hydrogens (primary N) is 1. The molecule has 0 aliphatic heterocycles. The molecule has 0 aliphatic rings. The third-order valence-electron chi connectivity index (χ3n) is 1.23. The van der Waals surface area contributed by atoms with Gasteiger partial charge in [-0.05, 0) is 19.1 Å². The molecule has 0 amide bonds. The number of hydrazine groups is 1. The van der Waals surface area contributed by atoms with Crippen molar-refractivity contribution in [3.63, 3.8) is 0 Å². The van der Waals surface area contributed by atoms with Crippen LogP contribution in [0.15, 0.2) is 10.6 Å². The summed E-state index contributed by atoms with van der Waals surface area (Å²) >= 11 is 4.75. The van der Waals surface area contributed by atoms with Crippen LogP contribution in [0, 0.1) is 6.92 Å². The largest absolute Gasteiger partial charge is 0.359 e. The zero-order chi connectivity index (χ0) is 8.97. The lowest BCUT2D eigenvalue weighted by molar-refractivity contribution is 0.376. The topological polar surface area (TPSA) is 76.1 Å². The summed E-state index contributed by atoms with van der Waals surface area (Å²) in [6.07, 6.45) is 0. The maximum atomic E-state index is 5.04. The van der Waals surface area contributed by atoms with Gasteiger partial charge in [0.1, 0.15) is 0 Å². The van der Waals surface area contributed by atoms with Gasteiger partial charge in [0.25, 0.3) is 0 Å². The molecule has 0 atom stereocenters. The number of hydrogen-bond donors (Lipinski definition) is 3. The van der Waals surface area contributed by atoms with Crippen LogP contribution in [0.5, 0.6) is 0 Å². The fourth-order valence-corrected chi connectivity index (χ4v) is 0.790. The van der Waals surface area contributed by atoms with Gasteiger partial charge < -0.3 is 15.3 Å². The lowest BCUT2D eigenvalue weighted by atomic mass is 10.4. The van der Waals surface area contributed by atoms with Crippen molar-refractivity contribution in [1.82, 2.24) is 15.9 Å². The average molecular weight is 186 g/mol. The average Bonchev–Trinajstić information content (AvgIpc) is 2.47. The highest BCUT2D eigenvalue weighted by Gasteiger charge is 1.99. The van der Waals surface area contributed by atoms with Gasteiger partial charge in [-0.2, -0.15) is 0 Å². The van der Waals surface area contributed by atoms with E-state index in [1.807, 2.05) is 13.0 Å². The lowest BCUT2D eigenvalue weighted by Gasteiger charge is -2.02. The Morgan fingerprint density at radius 2 is 2.58 bits per heavy atom. The van der Waals surface area contributed by atoms with Crippen LogP contribution >= 0.6 is 12.2 Å². The first kappa shape index (κ1) is 8.95. The second-order valence-corrected chi connectivity index (χ2v) is 2.67. The van der Waals surface area contributed by atoms with Crippen molar-refractivity contribution in [3.8, 4) is 0 Å². The molecule has 0 aromatic carbocycles. The highest BCUT2D eigenvalue weighted by atomic mass is 32.1. The number of aromatic nitrogens is 1. The van der Waals surface area contributed by atoms with Crippen molar-refractivity contribution in [2.75, 3.05) is 0 Å². The molecule has 12 heavy (non-hydrogen) atoms. The van der Waals surface area contributed by atoms with Crippen molar-refractivity contribution in [2.45, 2.75) is 13.5 Å². The molecule has 1 aromatic heterocycles. The van der Waals surface area contributed by atoms with Crippen LogP contribution in [0.25, 0.3) is 0 Å². The van der Waals surface area contributed by atoms with E-state index in [0.29, 0.717) is 11.7 Å². The Morgan fingerprint density at radius 3 is 3.08 bits per heavy atom. The van der Waals surface area contributed by atoms with Gasteiger partial charge in [-0.15, -0.1) is 0 Å². The second-order valence-electron chi connectivity index (χ2n) is 2.26. The first-order valence-electron chi connectivity index (χ1n) is 3.39. The molecule has 0 aliphatic carbocycles. The number of nitrogens with one attached hydrogen (secondary N) is 2. The fourth-order valence-electron chi connectivity index (χ4n) is 0.718. The third kappa shape index (κ3) is 2.48. The van der Waals surface area contributed by atoms with E-state index in [1.165, 1.54) is 0 Å². The molecule has 1 rings (SSSR count). The summed E-state index contributed by atoms with van der Waals surface area (Å²) in [5.41, 5.74) is 3.15. The normalized spacial score (nSPS) is 9.50. The smallest absolute Gasteiger partial charge is 0.180 e. The number of nitrogens with zero attached hydrogens (tertiary/aromatic N) is 1. The molecule has 0 spiro atoms. The van der Waals surface area contributed by atoms with Gasteiger partial charge in [0.15, 0.2) is 10.9 Å². The summed E-state index contributed by atoms with van der Waals surface area (Å²) in [5.74, 6) is 5.77. The molecule has 1 aromatic rings. The predicted molar refractivity (Wildman–Crippen MR) is 48.0 cm³/mol. The first-order chi connectivity index (χ1) is 5.72. The van der Waals surface area contributed by atoms with Gasteiger partial charge in [0, 0.05) is 6.07 Å². The summed E-state index contributed by atoms with van der Waals surface area (Å²) in [5, 5.41) is 6.91. The minimum Gasteiger partial charge on any atom is -0.359 e. The van der Waals surface area contributed by atoms with E-state index in [-0.39, 0.29) is 0 Å². The third-order valence-corrected chi connectivity index (χ3v) is 1.49. The highest BCUT2D eigenvalue weighted by Crippen LogP contribution is 2.00. The Hall–Kier alpha value is -1.14. The Kier molecular flexibility index (Phi) is 3.01. The van der Waals surface area contributed by atoms with E-state index in [1.54, 1.807) is 0 Å². The van der Waals surface area contributed by atoms with E-state index >= 15 is 0 Å². The van der Waals surface area contributed by atoms with Crippen LogP contribution < -0.4 is 16.6 Å². The SMILES string of the molecule is Cc1cc(CNC(=S)NN)on1. The Morgan fingerprint density at radius 1 is 1.83 bits per heavy atom. The molecule has 0 bridgehead atoms. The lowest BCUT2D eigenvalue weighted by Crippen LogP contribution is -2.39. The molecule has 4 N–H and O–H groups in total. The van der Waals surface area contributed by atoms with Crippen LogP contribution in [0.4, 0.5) is 0 Å². The van der Waals surface area contributed by atoms with Crippen LogP contribution in [-0.4, -0.2) is 10.3 Å². The van der Waals surface area contributed by atoms with Crippen LogP contribution in [0.1, 0.15) is 11.5 Å². The first-order valence-corrected chi connectivity index (χ1v) is 3.80. The van der Waals surface area contributed by atoms with E-state index in [9.17, 15) is 0 Å². The molecule has 66 valence electrons. The van der Waals surface area contributed by atoms with E-state index in [4.69, 9.17) is 22.6 Å². The number of hydrogen-bond acceptors (Lipinski definition) is 4. The summed E-state index contributed by atoms with van der Waals surface area (Å²) in [7, 11) is 0. The predicted octanol–water partition coefficient (Wildman–Crippen LogP) is -0.179. The van der Waals surface area contributed by atoms with Gasteiger partial charge in [-0.3, -0.25) is 0 Å². The van der Waals surface area contributed by atoms with Crippen LogP contribution in [0.2, 0.25) is 0 Å². The molecular formula is C6H10N4OS. The minimum absolute atomic E-state index is 0.379. The van der Waals surface area contributed by atoms with Crippen LogP contribution in [-0.2, 0) is 6.54 Å². The molecule has 1 heterocycles. The van der Waals surface area contributed by atoms with Gasteiger partial charge in [0.2, 0.25) is 0 Å². The standard InChI is InChI=1S/C6H10N4OS/c1-4-2-5(11-10-4)3-8-6(12)9-7/h2H,3,7H2,1H3,(H2,8,9,12). The minimum atomic E-state index is 0.379. The van der Waals surface area contributed by atoms with Crippen molar-refractivity contribution in [3.05, 3.63) is 17.5 Å². The molecule has 0 saturated carbocycles. The fraction of sp³-hybridized carbons (Fsp3) is 0.333. The van der Waals surface area contributed by atoms with Crippen molar-refractivity contribution in [1.29, 1.82) is 0 Å². The zero-order valence-corrected chi connectivity index (χ0v) is 7.44. The maximum absolute atomic E-state index is 5.04. The molecular weight excluding hydrogens is 176 g/mol. The Balaban J connectivity index is 2.38. The van der Waals surface area contributed by atoms with Crippen molar-refractivity contribution in [2.24, 2.45) is 5.84 Å². The second kappa shape index (κ2) is 4.03. The highest BCUT2D eigenvalue weighted by molar-refractivity contribution is 7.80. The number of aryl methyl sites for hydroxylation is 1. The number of thiocarbonyl (C=S) groups is 1. The molecule has 0 radical (unpaired) electrons. The van der Waals surface area contributed by atoms with E-state index in [0.717, 1.165) is 11.5 Å². The maximum Gasteiger partial charge on any atom is 0.180 e. The Labute approximate surface area is 75.3 Å². The van der Waals surface area contributed by atoms with E-state index < -0.39 is 0 Å². The summed E-state index contributed by atoms with van der Waals surface area (Å²) in [6, 6.07) is 1.83. The van der Waals surface area contributed by atoms with Crippen LogP contribution in [0.3, 0.4) is 0 Å². The molecule has 5 nitrogen and oxygen atoms in total. The monoisotopic (exact) mass is 186 g/mol. The Bertz CT molecular complexity index is 272. The molecule has 6 heteroatoms. The molecule has 0 fully saturated rings. The summed E-state index contributed by atoms with van der Waals surface area (Å²) in [4.78, 5) is 0. The van der Waals surface area contributed by atoms with Gasteiger partial charge in [0.05, 0.1) is 12.2 Å². The van der Waals surface area contributed by atoms with Crippen molar-refractivity contribution < 1.29 is 4.52 Å². The number of rotatable bonds is 2. The molecule has 0 saturated heterocycles. The van der Waals surface area contributed by atoms with Gasteiger partial charge in [-0.25, -0.2) is 5.84 Å². The van der Waals surface area contributed by atoms with Gasteiger partial charge >= 0.3 is 0 Å². The quantitative estimate of drug-likeness (QED) is 0.338. The molecule has 0 unspecified atom stereocenters. The van der Waals surface area contributed by atoms with Gasteiger partial charge in [-0.1, -0.05) is 5.16 Å². The van der Waals surface area contributed by atoms with E-state index in [2.05, 4.69) is 15.9 Å². The summed E-state index contributed by atoms with van der Waals surface area (Å²) < 4.78 is 4.92. The zero-order valence-electron chi connectivity index (χ0n) is 6.63. The summed E-state index contributed by atoms with van der Waals surface area (Å²) in [6.45, 7) is 2.34. The van der Waals surface area contributed by atoms with Crippen molar-refractivity contribution >= 4 is 17.3 Å².